The molecule has 0 unspecified atom stereocenters. The molecule has 0 fully saturated rings. The minimum absolute atomic E-state index is 1.08. The molecular formula is C14H17N. The first kappa shape index (κ1) is 11.3. The minimum atomic E-state index is 1.08. The molecule has 0 atom stereocenters. The fourth-order valence-corrected chi connectivity index (χ4v) is 1.31. The van der Waals surface area contributed by atoms with Crippen LogP contribution in [0.5, 0.6) is 0 Å². The second kappa shape index (κ2) is 5.86. The number of rotatable bonds is 4. The lowest BCUT2D eigenvalue weighted by Crippen LogP contribution is -2.14. The summed E-state index contributed by atoms with van der Waals surface area (Å²) in [7, 11) is 2.03. The molecule has 0 heterocycles. The smallest absolute Gasteiger partial charge is 0.0408 e. The van der Waals surface area contributed by atoms with Crippen molar-refractivity contribution in [2.45, 2.75) is 6.92 Å². The van der Waals surface area contributed by atoms with E-state index in [4.69, 9.17) is 0 Å². The summed E-state index contributed by atoms with van der Waals surface area (Å²) in [5.74, 6) is 0. The topological polar surface area (TPSA) is 3.24 Å². The van der Waals surface area contributed by atoms with Gasteiger partial charge in [-0.15, -0.1) is 0 Å². The molecule has 0 bridgehead atoms. The van der Waals surface area contributed by atoms with E-state index in [9.17, 15) is 0 Å². The zero-order valence-electron chi connectivity index (χ0n) is 9.35. The van der Waals surface area contributed by atoms with Crippen LogP contribution in [0.3, 0.4) is 0 Å². The number of nitrogens with zero attached hydrogens (tertiary/aromatic N) is 1. The van der Waals surface area contributed by atoms with Crippen LogP contribution in [0.2, 0.25) is 0 Å². The molecular weight excluding hydrogens is 182 g/mol. The molecule has 1 rings (SSSR count). The number of anilines is 1. The highest BCUT2D eigenvalue weighted by Gasteiger charge is 2.01. The first-order valence-electron chi connectivity index (χ1n) is 5.03. The number of hydrogen-bond donors (Lipinski definition) is 0. The van der Waals surface area contributed by atoms with E-state index in [2.05, 4.69) is 23.6 Å². The highest BCUT2D eigenvalue weighted by molar-refractivity contribution is 5.53. The lowest BCUT2D eigenvalue weighted by Gasteiger charge is -2.19. The molecule has 78 valence electrons. The van der Waals surface area contributed by atoms with Crippen LogP contribution in [0.4, 0.5) is 5.69 Å². The number of para-hydroxylation sites is 1. The summed E-state index contributed by atoms with van der Waals surface area (Å²) in [6.45, 7) is 5.82. The molecule has 1 aromatic rings. The Balaban J connectivity index is 2.92. The second-order valence-corrected chi connectivity index (χ2v) is 3.22. The van der Waals surface area contributed by atoms with Gasteiger partial charge >= 0.3 is 0 Å². The van der Waals surface area contributed by atoms with Crippen LogP contribution >= 0.6 is 0 Å². The third-order valence-electron chi connectivity index (χ3n) is 2.20. The Labute approximate surface area is 92.0 Å². The molecule has 0 aromatic heterocycles. The summed E-state index contributed by atoms with van der Waals surface area (Å²) in [6, 6.07) is 10.2. The molecule has 1 aromatic carbocycles. The van der Waals surface area contributed by atoms with Gasteiger partial charge < -0.3 is 4.90 Å². The predicted molar refractivity (Wildman–Crippen MR) is 67.9 cm³/mol. The van der Waals surface area contributed by atoms with E-state index in [1.165, 1.54) is 0 Å². The van der Waals surface area contributed by atoms with Crippen molar-refractivity contribution in [1.29, 1.82) is 0 Å². The van der Waals surface area contributed by atoms with Crippen LogP contribution in [-0.4, -0.2) is 7.05 Å². The molecule has 0 aliphatic carbocycles. The largest absolute Gasteiger partial charge is 0.345 e. The van der Waals surface area contributed by atoms with Gasteiger partial charge in [0, 0.05) is 18.4 Å². The SMILES string of the molecule is C=C/C(=C\C=C/C)N(C)c1ccccc1. The number of allylic oxidation sites excluding steroid dienone is 4. The van der Waals surface area contributed by atoms with E-state index in [1.54, 1.807) is 0 Å². The summed E-state index contributed by atoms with van der Waals surface area (Å²) >= 11 is 0. The first-order chi connectivity index (χ1) is 7.29. The third-order valence-corrected chi connectivity index (χ3v) is 2.20. The number of hydrogen-bond acceptors (Lipinski definition) is 1. The molecule has 15 heavy (non-hydrogen) atoms. The van der Waals surface area contributed by atoms with Gasteiger partial charge in [0.1, 0.15) is 0 Å². The molecule has 0 aliphatic heterocycles. The first-order valence-corrected chi connectivity index (χ1v) is 5.03. The molecule has 0 aliphatic rings. The zero-order valence-corrected chi connectivity index (χ0v) is 9.35. The van der Waals surface area contributed by atoms with Crippen molar-refractivity contribution in [2.75, 3.05) is 11.9 Å². The van der Waals surface area contributed by atoms with Crippen molar-refractivity contribution >= 4 is 5.69 Å². The van der Waals surface area contributed by atoms with Gasteiger partial charge in [0.15, 0.2) is 0 Å². The van der Waals surface area contributed by atoms with Crippen molar-refractivity contribution in [2.24, 2.45) is 0 Å². The van der Waals surface area contributed by atoms with Crippen molar-refractivity contribution in [1.82, 2.24) is 0 Å². The van der Waals surface area contributed by atoms with Gasteiger partial charge in [-0.2, -0.15) is 0 Å². The van der Waals surface area contributed by atoms with Crippen molar-refractivity contribution < 1.29 is 0 Å². The van der Waals surface area contributed by atoms with Crippen LogP contribution < -0.4 is 4.90 Å². The maximum atomic E-state index is 3.82. The van der Waals surface area contributed by atoms with E-state index in [0.717, 1.165) is 11.4 Å². The van der Waals surface area contributed by atoms with Gasteiger partial charge in [0.05, 0.1) is 0 Å². The molecule has 0 saturated heterocycles. The van der Waals surface area contributed by atoms with Gasteiger partial charge in [-0.05, 0) is 31.2 Å². The predicted octanol–water partition coefficient (Wildman–Crippen LogP) is 3.77. The molecule has 1 heteroatoms. The summed E-state index contributed by atoms with van der Waals surface area (Å²) in [6.07, 6.45) is 7.91. The van der Waals surface area contributed by atoms with E-state index < -0.39 is 0 Å². The fourth-order valence-electron chi connectivity index (χ4n) is 1.31. The Hall–Kier alpha value is -1.76. The van der Waals surface area contributed by atoms with E-state index in [-0.39, 0.29) is 0 Å². The van der Waals surface area contributed by atoms with Gasteiger partial charge in [-0.3, -0.25) is 0 Å². The van der Waals surface area contributed by atoms with Crippen molar-refractivity contribution in [3.8, 4) is 0 Å². The maximum Gasteiger partial charge on any atom is 0.0408 e. The molecule has 0 radical (unpaired) electrons. The summed E-state index contributed by atoms with van der Waals surface area (Å²) in [5, 5.41) is 0. The molecule has 0 amide bonds. The lowest BCUT2D eigenvalue weighted by molar-refractivity contribution is 1.14. The molecule has 0 saturated carbocycles. The Kier molecular flexibility index (Phi) is 4.42. The number of benzene rings is 1. The Morgan fingerprint density at radius 2 is 1.93 bits per heavy atom. The second-order valence-electron chi connectivity index (χ2n) is 3.22. The van der Waals surface area contributed by atoms with Crippen LogP contribution in [0, 0.1) is 0 Å². The lowest BCUT2D eigenvalue weighted by atomic mass is 10.2. The average Bonchev–Trinajstić information content (AvgIpc) is 2.31. The van der Waals surface area contributed by atoms with E-state index >= 15 is 0 Å². The molecule has 0 spiro atoms. The van der Waals surface area contributed by atoms with Crippen molar-refractivity contribution in [3.05, 3.63) is 66.9 Å². The maximum absolute atomic E-state index is 3.82. The summed E-state index contributed by atoms with van der Waals surface area (Å²) < 4.78 is 0. The van der Waals surface area contributed by atoms with Crippen LogP contribution in [-0.2, 0) is 0 Å². The standard InChI is InChI=1S/C14H17N/c1-4-6-10-13(5-2)15(3)14-11-8-7-9-12-14/h4-12H,2H2,1,3H3/b6-4-,13-10+. The van der Waals surface area contributed by atoms with E-state index in [0.29, 0.717) is 0 Å². The van der Waals surface area contributed by atoms with Gasteiger partial charge in [0.2, 0.25) is 0 Å². The van der Waals surface area contributed by atoms with Gasteiger partial charge in [0.25, 0.3) is 0 Å². The van der Waals surface area contributed by atoms with Gasteiger partial charge in [-0.1, -0.05) is 36.9 Å². The zero-order chi connectivity index (χ0) is 11.1. The van der Waals surface area contributed by atoms with Crippen molar-refractivity contribution in [3.63, 3.8) is 0 Å². The average molecular weight is 199 g/mol. The van der Waals surface area contributed by atoms with E-state index in [1.807, 2.05) is 56.5 Å². The third kappa shape index (κ3) is 3.13. The molecule has 0 N–H and O–H groups in total. The monoisotopic (exact) mass is 199 g/mol. The van der Waals surface area contributed by atoms with Crippen LogP contribution in [0.25, 0.3) is 0 Å². The highest BCUT2D eigenvalue weighted by atomic mass is 15.1. The molecule has 1 nitrogen and oxygen atoms in total. The van der Waals surface area contributed by atoms with Gasteiger partial charge in [-0.25, -0.2) is 0 Å². The summed E-state index contributed by atoms with van der Waals surface area (Å²) in [4.78, 5) is 2.10. The number of likely N-dealkylation sites (N-methyl/N-ethyl adjacent to an activating group) is 1. The van der Waals surface area contributed by atoms with Crippen LogP contribution in [0.15, 0.2) is 66.9 Å². The fraction of sp³-hybridized carbons (Fsp3) is 0.143. The quantitative estimate of drug-likeness (QED) is 0.667. The van der Waals surface area contributed by atoms with Crippen LogP contribution in [0.1, 0.15) is 6.92 Å². The normalized spacial score (nSPS) is 11.7. The summed E-state index contributed by atoms with van der Waals surface area (Å²) in [5.41, 5.74) is 2.24. The minimum Gasteiger partial charge on any atom is -0.345 e. The Morgan fingerprint density at radius 3 is 2.47 bits per heavy atom. The Bertz CT molecular complexity index is 360. The highest BCUT2D eigenvalue weighted by Crippen LogP contribution is 2.16. The Morgan fingerprint density at radius 1 is 1.27 bits per heavy atom.